The standard InChI is InChI=1S/C20H29N3S2/c1-5-22(6-2)9-10-23(15-19-8-7-11-25-19)20(24)21-18-13-16(3)12-17(4)14-18/h7-8,11-14H,5-6,9-10,15H2,1-4H3,(H,21,24)/p+1. The Kier molecular flexibility index (Phi) is 7.88. The van der Waals surface area contributed by atoms with E-state index in [1.807, 2.05) is 0 Å². The molecule has 0 radical (unpaired) electrons. The lowest BCUT2D eigenvalue weighted by Gasteiger charge is -2.27. The summed E-state index contributed by atoms with van der Waals surface area (Å²) in [5.74, 6) is 0. The fraction of sp³-hybridized carbons (Fsp3) is 0.450. The van der Waals surface area contributed by atoms with Gasteiger partial charge in [0.25, 0.3) is 0 Å². The van der Waals surface area contributed by atoms with E-state index in [-0.39, 0.29) is 0 Å². The normalized spacial score (nSPS) is 10.9. The average molecular weight is 377 g/mol. The lowest BCUT2D eigenvalue weighted by atomic mass is 10.1. The number of rotatable bonds is 8. The van der Waals surface area contributed by atoms with E-state index in [9.17, 15) is 0 Å². The van der Waals surface area contributed by atoms with Gasteiger partial charge in [0.2, 0.25) is 0 Å². The molecule has 0 bridgehead atoms. The number of hydrogen-bond donors (Lipinski definition) is 2. The molecule has 136 valence electrons. The van der Waals surface area contributed by atoms with Gasteiger partial charge in [-0.25, -0.2) is 0 Å². The Morgan fingerprint density at radius 3 is 2.40 bits per heavy atom. The minimum absolute atomic E-state index is 0.810. The van der Waals surface area contributed by atoms with Gasteiger partial charge in [-0.15, -0.1) is 11.3 Å². The maximum absolute atomic E-state index is 5.75. The van der Waals surface area contributed by atoms with Crippen molar-refractivity contribution in [1.82, 2.24) is 4.90 Å². The van der Waals surface area contributed by atoms with Crippen molar-refractivity contribution in [3.63, 3.8) is 0 Å². The summed E-state index contributed by atoms with van der Waals surface area (Å²) >= 11 is 7.54. The largest absolute Gasteiger partial charge is 0.338 e. The lowest BCUT2D eigenvalue weighted by Crippen LogP contribution is -3.12. The molecular weight excluding hydrogens is 346 g/mol. The fourth-order valence-electron chi connectivity index (χ4n) is 2.99. The van der Waals surface area contributed by atoms with Crippen LogP contribution in [0.4, 0.5) is 5.69 Å². The monoisotopic (exact) mass is 376 g/mol. The molecule has 0 unspecified atom stereocenters. The van der Waals surface area contributed by atoms with Crippen LogP contribution in [0.1, 0.15) is 29.9 Å². The van der Waals surface area contributed by atoms with Gasteiger partial charge in [-0.05, 0) is 74.6 Å². The number of anilines is 1. The molecule has 0 saturated heterocycles. The van der Waals surface area contributed by atoms with Crippen LogP contribution in [0, 0.1) is 13.8 Å². The van der Waals surface area contributed by atoms with E-state index in [1.165, 1.54) is 16.0 Å². The third-order valence-electron chi connectivity index (χ3n) is 4.42. The molecule has 0 amide bonds. The SMILES string of the molecule is CC[NH+](CC)CCN(Cc1cccs1)C(=S)Nc1cc(C)cc(C)c1. The van der Waals surface area contributed by atoms with E-state index >= 15 is 0 Å². The number of likely N-dealkylation sites (N-methyl/N-ethyl adjacent to an activating group) is 1. The lowest BCUT2D eigenvalue weighted by molar-refractivity contribution is -0.895. The minimum atomic E-state index is 0.810. The highest BCUT2D eigenvalue weighted by molar-refractivity contribution is 7.80. The van der Waals surface area contributed by atoms with Crippen LogP contribution >= 0.6 is 23.6 Å². The smallest absolute Gasteiger partial charge is 0.173 e. The number of nitrogens with one attached hydrogen (secondary N) is 2. The Morgan fingerprint density at radius 2 is 1.84 bits per heavy atom. The zero-order valence-corrected chi connectivity index (χ0v) is 17.4. The molecule has 0 aliphatic heterocycles. The molecule has 2 rings (SSSR count). The number of nitrogens with zero attached hydrogens (tertiary/aromatic N) is 1. The van der Waals surface area contributed by atoms with Gasteiger partial charge in [0.15, 0.2) is 5.11 Å². The molecule has 0 aliphatic carbocycles. The van der Waals surface area contributed by atoms with Crippen LogP contribution in [-0.4, -0.2) is 36.2 Å². The Balaban J connectivity index is 2.07. The maximum Gasteiger partial charge on any atom is 0.173 e. The highest BCUT2D eigenvalue weighted by atomic mass is 32.1. The summed E-state index contributed by atoms with van der Waals surface area (Å²) < 4.78 is 0. The molecular formula is C20H30N3S2+. The molecule has 1 aromatic heterocycles. The Hall–Kier alpha value is -1.43. The van der Waals surface area contributed by atoms with Crippen LogP contribution in [-0.2, 0) is 6.54 Å². The first kappa shape index (κ1) is 19.9. The number of aryl methyl sites for hydroxylation is 2. The molecule has 0 aliphatic rings. The zero-order chi connectivity index (χ0) is 18.2. The molecule has 2 aromatic rings. The summed E-state index contributed by atoms with van der Waals surface area (Å²) in [6.45, 7) is 14.0. The third kappa shape index (κ3) is 6.42. The number of hydrogen-bond acceptors (Lipinski definition) is 2. The van der Waals surface area contributed by atoms with Crippen molar-refractivity contribution >= 4 is 34.4 Å². The fourth-order valence-corrected chi connectivity index (χ4v) is 3.98. The second-order valence-electron chi connectivity index (χ2n) is 6.51. The highest BCUT2D eigenvalue weighted by Crippen LogP contribution is 2.16. The van der Waals surface area contributed by atoms with Crippen molar-refractivity contribution in [3.05, 3.63) is 51.7 Å². The quantitative estimate of drug-likeness (QED) is 0.688. The topological polar surface area (TPSA) is 19.7 Å². The highest BCUT2D eigenvalue weighted by Gasteiger charge is 2.14. The van der Waals surface area contributed by atoms with Crippen molar-refractivity contribution in [3.8, 4) is 0 Å². The second-order valence-corrected chi connectivity index (χ2v) is 7.93. The summed E-state index contributed by atoms with van der Waals surface area (Å²) in [4.78, 5) is 5.24. The molecule has 0 fully saturated rings. The van der Waals surface area contributed by atoms with Gasteiger partial charge in [-0.1, -0.05) is 12.1 Å². The van der Waals surface area contributed by atoms with Gasteiger partial charge in [-0.3, -0.25) is 0 Å². The first-order chi connectivity index (χ1) is 12.0. The van der Waals surface area contributed by atoms with Gasteiger partial charge in [-0.2, -0.15) is 0 Å². The van der Waals surface area contributed by atoms with Crippen molar-refractivity contribution in [1.29, 1.82) is 0 Å². The molecule has 2 N–H and O–H groups in total. The number of thiophene rings is 1. The van der Waals surface area contributed by atoms with Crippen molar-refractivity contribution in [2.24, 2.45) is 0 Å². The molecule has 25 heavy (non-hydrogen) atoms. The summed E-state index contributed by atoms with van der Waals surface area (Å²) in [6.07, 6.45) is 0. The first-order valence-electron chi connectivity index (χ1n) is 9.02. The first-order valence-corrected chi connectivity index (χ1v) is 10.3. The minimum Gasteiger partial charge on any atom is -0.338 e. The number of benzene rings is 1. The third-order valence-corrected chi connectivity index (χ3v) is 5.64. The van der Waals surface area contributed by atoms with Gasteiger partial charge >= 0.3 is 0 Å². The van der Waals surface area contributed by atoms with Gasteiger partial charge in [0.05, 0.1) is 32.7 Å². The molecule has 0 atom stereocenters. The van der Waals surface area contributed by atoms with Gasteiger partial charge in [0, 0.05) is 10.6 Å². The number of quaternary nitrogens is 1. The molecule has 1 aromatic carbocycles. The van der Waals surface area contributed by atoms with Crippen LogP contribution in [0.25, 0.3) is 0 Å². The predicted octanol–water partition coefficient (Wildman–Crippen LogP) is 3.49. The average Bonchev–Trinajstić information content (AvgIpc) is 3.06. The summed E-state index contributed by atoms with van der Waals surface area (Å²) in [7, 11) is 0. The van der Waals surface area contributed by atoms with E-state index in [2.05, 4.69) is 73.6 Å². The summed E-state index contributed by atoms with van der Waals surface area (Å²) in [5.41, 5.74) is 3.58. The van der Waals surface area contributed by atoms with Gasteiger partial charge in [0.1, 0.15) is 0 Å². The van der Waals surface area contributed by atoms with Crippen molar-refractivity contribution in [2.75, 3.05) is 31.5 Å². The molecule has 3 nitrogen and oxygen atoms in total. The van der Waals surface area contributed by atoms with Crippen LogP contribution in [0.15, 0.2) is 35.7 Å². The van der Waals surface area contributed by atoms with Crippen LogP contribution in [0.2, 0.25) is 0 Å². The zero-order valence-electron chi connectivity index (χ0n) is 15.8. The van der Waals surface area contributed by atoms with E-state index in [4.69, 9.17) is 12.2 Å². The Labute approximate surface area is 161 Å². The van der Waals surface area contributed by atoms with Crippen molar-refractivity contribution in [2.45, 2.75) is 34.2 Å². The molecule has 5 heteroatoms. The van der Waals surface area contributed by atoms with Crippen LogP contribution < -0.4 is 10.2 Å². The maximum atomic E-state index is 5.75. The molecule has 0 spiro atoms. The van der Waals surface area contributed by atoms with E-state index < -0.39 is 0 Å². The van der Waals surface area contributed by atoms with E-state index in [0.717, 1.165) is 43.5 Å². The van der Waals surface area contributed by atoms with Crippen molar-refractivity contribution < 1.29 is 4.90 Å². The Bertz CT molecular complexity index is 643. The Morgan fingerprint density at radius 1 is 1.16 bits per heavy atom. The summed E-state index contributed by atoms with van der Waals surface area (Å²) in [5, 5.41) is 6.39. The molecule has 0 saturated carbocycles. The van der Waals surface area contributed by atoms with E-state index in [0.29, 0.717) is 0 Å². The second kappa shape index (κ2) is 9.90. The van der Waals surface area contributed by atoms with Gasteiger partial charge < -0.3 is 15.1 Å². The number of thiocarbonyl (C=S) groups is 1. The summed E-state index contributed by atoms with van der Waals surface area (Å²) in [6, 6.07) is 10.8. The molecule has 1 heterocycles. The van der Waals surface area contributed by atoms with E-state index in [1.54, 1.807) is 16.2 Å². The van der Waals surface area contributed by atoms with Crippen LogP contribution in [0.5, 0.6) is 0 Å². The predicted molar refractivity (Wildman–Crippen MR) is 114 cm³/mol. The van der Waals surface area contributed by atoms with Crippen LogP contribution in [0.3, 0.4) is 0 Å².